The van der Waals surface area contributed by atoms with E-state index in [0.717, 1.165) is 42.5 Å². The van der Waals surface area contributed by atoms with Crippen molar-refractivity contribution in [1.82, 2.24) is 5.32 Å². The lowest BCUT2D eigenvalue weighted by Gasteiger charge is -2.13. The van der Waals surface area contributed by atoms with Crippen LogP contribution < -0.4 is 15.4 Å². The van der Waals surface area contributed by atoms with Gasteiger partial charge in [0.15, 0.2) is 5.11 Å². The number of hydrogen-bond acceptors (Lipinski definition) is 3. The SMILES string of the molecule is CCCCOc1ccc(C(=O)NC(=S)Nc2ccc3c4c(cccc24)CC3)cc1. The summed E-state index contributed by atoms with van der Waals surface area (Å²) < 4.78 is 5.64. The molecule has 0 spiro atoms. The molecule has 29 heavy (non-hydrogen) atoms. The van der Waals surface area contributed by atoms with E-state index in [1.165, 1.54) is 16.5 Å². The Balaban J connectivity index is 1.41. The van der Waals surface area contributed by atoms with Gasteiger partial charge >= 0.3 is 0 Å². The number of benzene rings is 3. The maximum absolute atomic E-state index is 12.5. The van der Waals surface area contributed by atoms with Gasteiger partial charge in [-0.05, 0) is 78.3 Å². The van der Waals surface area contributed by atoms with Gasteiger partial charge in [-0.25, -0.2) is 0 Å². The minimum absolute atomic E-state index is 0.242. The first-order chi connectivity index (χ1) is 14.2. The van der Waals surface area contributed by atoms with Crippen LogP contribution in [0.25, 0.3) is 10.8 Å². The Hall–Kier alpha value is -2.92. The molecule has 0 aromatic heterocycles. The van der Waals surface area contributed by atoms with Crippen LogP contribution in [-0.4, -0.2) is 17.6 Å². The van der Waals surface area contributed by atoms with Crippen LogP contribution in [0.15, 0.2) is 54.6 Å². The maximum atomic E-state index is 12.5. The van der Waals surface area contributed by atoms with Gasteiger partial charge in [0.25, 0.3) is 5.91 Å². The summed E-state index contributed by atoms with van der Waals surface area (Å²) in [5, 5.41) is 8.70. The number of carbonyl (C=O) groups excluding carboxylic acids is 1. The van der Waals surface area contributed by atoms with Gasteiger partial charge in [-0.15, -0.1) is 0 Å². The zero-order chi connectivity index (χ0) is 20.2. The molecular weight excluding hydrogens is 380 g/mol. The number of carbonyl (C=O) groups is 1. The monoisotopic (exact) mass is 404 g/mol. The lowest BCUT2D eigenvalue weighted by Crippen LogP contribution is -2.34. The van der Waals surface area contributed by atoms with E-state index in [9.17, 15) is 4.79 Å². The molecule has 148 valence electrons. The third-order valence-electron chi connectivity index (χ3n) is 5.24. The minimum atomic E-state index is -0.242. The summed E-state index contributed by atoms with van der Waals surface area (Å²) in [6.07, 6.45) is 4.26. The molecule has 2 N–H and O–H groups in total. The lowest BCUT2D eigenvalue weighted by molar-refractivity contribution is 0.0977. The van der Waals surface area contributed by atoms with E-state index in [1.807, 2.05) is 18.2 Å². The van der Waals surface area contributed by atoms with Crippen LogP contribution in [0.2, 0.25) is 0 Å². The molecule has 0 radical (unpaired) electrons. The van der Waals surface area contributed by atoms with Gasteiger partial charge in [0.05, 0.1) is 6.61 Å². The summed E-state index contributed by atoms with van der Waals surface area (Å²) in [4.78, 5) is 12.5. The van der Waals surface area contributed by atoms with Gasteiger partial charge in [0.2, 0.25) is 0 Å². The first kappa shape index (κ1) is 19.4. The summed E-state index contributed by atoms with van der Waals surface area (Å²) in [6, 6.07) is 17.6. The molecule has 0 saturated heterocycles. The summed E-state index contributed by atoms with van der Waals surface area (Å²) in [5.74, 6) is 0.525. The van der Waals surface area contributed by atoms with Gasteiger partial charge < -0.3 is 10.1 Å². The Labute approximate surface area is 176 Å². The van der Waals surface area contributed by atoms with Crippen LogP contribution in [-0.2, 0) is 12.8 Å². The van der Waals surface area contributed by atoms with Crippen molar-refractivity contribution in [2.45, 2.75) is 32.6 Å². The number of rotatable bonds is 6. The summed E-state index contributed by atoms with van der Waals surface area (Å²) in [7, 11) is 0. The molecule has 4 nitrogen and oxygen atoms in total. The molecule has 0 bridgehead atoms. The van der Waals surface area contributed by atoms with E-state index in [1.54, 1.807) is 12.1 Å². The zero-order valence-corrected chi connectivity index (χ0v) is 17.3. The molecule has 3 aromatic rings. The van der Waals surface area contributed by atoms with Crippen LogP contribution in [0.5, 0.6) is 5.75 Å². The molecule has 1 amide bonds. The molecule has 0 saturated carbocycles. The Kier molecular flexibility index (Phi) is 5.76. The smallest absolute Gasteiger partial charge is 0.257 e. The quantitative estimate of drug-likeness (QED) is 0.435. The number of nitrogens with one attached hydrogen (secondary N) is 2. The normalized spacial score (nSPS) is 12.0. The highest BCUT2D eigenvalue weighted by Gasteiger charge is 2.16. The maximum Gasteiger partial charge on any atom is 0.257 e. The Morgan fingerprint density at radius 2 is 1.79 bits per heavy atom. The first-order valence-corrected chi connectivity index (χ1v) is 10.4. The van der Waals surface area contributed by atoms with E-state index in [-0.39, 0.29) is 11.0 Å². The first-order valence-electron chi connectivity index (χ1n) is 10.0. The van der Waals surface area contributed by atoms with Crippen molar-refractivity contribution in [2.75, 3.05) is 11.9 Å². The van der Waals surface area contributed by atoms with Crippen molar-refractivity contribution in [3.8, 4) is 5.75 Å². The third-order valence-corrected chi connectivity index (χ3v) is 5.44. The van der Waals surface area contributed by atoms with Crippen molar-refractivity contribution in [3.63, 3.8) is 0 Å². The molecule has 0 unspecified atom stereocenters. The number of anilines is 1. The predicted molar refractivity (Wildman–Crippen MR) is 122 cm³/mol. The second kappa shape index (κ2) is 8.62. The van der Waals surface area contributed by atoms with Gasteiger partial charge in [-0.2, -0.15) is 0 Å². The average Bonchev–Trinajstić information content (AvgIpc) is 3.15. The molecule has 0 aliphatic heterocycles. The number of unbranched alkanes of at least 4 members (excludes halogenated alkanes) is 1. The third kappa shape index (κ3) is 4.25. The molecule has 5 heteroatoms. The summed E-state index contributed by atoms with van der Waals surface area (Å²) in [6.45, 7) is 2.81. The predicted octanol–water partition coefficient (Wildman–Crippen LogP) is 5.24. The van der Waals surface area contributed by atoms with E-state index in [0.29, 0.717) is 12.2 Å². The number of thiocarbonyl (C=S) groups is 1. The van der Waals surface area contributed by atoms with E-state index < -0.39 is 0 Å². The Morgan fingerprint density at radius 3 is 2.55 bits per heavy atom. The highest BCUT2D eigenvalue weighted by molar-refractivity contribution is 7.80. The fourth-order valence-electron chi connectivity index (χ4n) is 3.72. The average molecular weight is 405 g/mol. The Morgan fingerprint density at radius 1 is 1.03 bits per heavy atom. The summed E-state index contributed by atoms with van der Waals surface area (Å²) >= 11 is 5.39. The topological polar surface area (TPSA) is 50.4 Å². The van der Waals surface area contributed by atoms with Crippen molar-refractivity contribution in [2.24, 2.45) is 0 Å². The van der Waals surface area contributed by atoms with E-state index in [2.05, 4.69) is 41.8 Å². The second-order valence-electron chi connectivity index (χ2n) is 7.25. The highest BCUT2D eigenvalue weighted by atomic mass is 32.1. The molecule has 4 rings (SSSR count). The van der Waals surface area contributed by atoms with Crippen molar-refractivity contribution >= 4 is 39.7 Å². The van der Waals surface area contributed by atoms with E-state index in [4.69, 9.17) is 17.0 Å². The molecule has 0 atom stereocenters. The van der Waals surface area contributed by atoms with Crippen LogP contribution in [0.4, 0.5) is 5.69 Å². The number of amides is 1. The van der Waals surface area contributed by atoms with Crippen molar-refractivity contribution < 1.29 is 9.53 Å². The van der Waals surface area contributed by atoms with Crippen LogP contribution in [0.1, 0.15) is 41.3 Å². The van der Waals surface area contributed by atoms with Crippen molar-refractivity contribution in [1.29, 1.82) is 0 Å². The van der Waals surface area contributed by atoms with Gasteiger partial charge in [-0.3, -0.25) is 10.1 Å². The van der Waals surface area contributed by atoms with Crippen LogP contribution in [0.3, 0.4) is 0 Å². The van der Waals surface area contributed by atoms with Crippen LogP contribution in [0, 0.1) is 0 Å². The number of ether oxygens (including phenoxy) is 1. The lowest BCUT2D eigenvalue weighted by atomic mass is 10.0. The standard InChI is InChI=1S/C24H24N2O2S/c1-2-3-15-28-19-12-9-18(10-13-19)23(27)26-24(29)25-21-14-11-17-8-7-16-5-4-6-20(21)22(16)17/h4-6,9-14H,2-3,7-8,15H2,1H3,(H2,25,26,27,29). The van der Waals surface area contributed by atoms with E-state index >= 15 is 0 Å². The second-order valence-corrected chi connectivity index (χ2v) is 7.65. The van der Waals surface area contributed by atoms with Gasteiger partial charge in [-0.1, -0.05) is 37.6 Å². The fraction of sp³-hybridized carbons (Fsp3) is 0.250. The molecule has 1 aliphatic carbocycles. The van der Waals surface area contributed by atoms with Gasteiger partial charge in [0, 0.05) is 16.6 Å². The summed E-state index contributed by atoms with van der Waals surface area (Å²) in [5.41, 5.74) is 4.20. The largest absolute Gasteiger partial charge is 0.494 e. The number of hydrogen-bond donors (Lipinski definition) is 2. The molecule has 1 aliphatic rings. The molecule has 3 aromatic carbocycles. The minimum Gasteiger partial charge on any atom is -0.494 e. The molecular formula is C24H24N2O2S. The Bertz CT molecular complexity index is 1050. The van der Waals surface area contributed by atoms with Gasteiger partial charge in [0.1, 0.15) is 5.75 Å². The van der Waals surface area contributed by atoms with Crippen molar-refractivity contribution in [3.05, 3.63) is 71.3 Å². The number of aryl methyl sites for hydroxylation is 2. The molecule has 0 fully saturated rings. The van der Waals surface area contributed by atoms with Crippen LogP contribution >= 0.6 is 12.2 Å². The fourth-order valence-corrected chi connectivity index (χ4v) is 3.92. The highest BCUT2D eigenvalue weighted by Crippen LogP contribution is 2.34. The molecule has 0 heterocycles. The zero-order valence-electron chi connectivity index (χ0n) is 16.5.